The van der Waals surface area contributed by atoms with E-state index in [0.717, 1.165) is 16.7 Å². The summed E-state index contributed by atoms with van der Waals surface area (Å²) in [6.07, 6.45) is 3.29. The van der Waals surface area contributed by atoms with E-state index in [1.54, 1.807) is 18.5 Å². The van der Waals surface area contributed by atoms with E-state index < -0.39 is 15.9 Å². The first-order valence-electron chi connectivity index (χ1n) is 9.31. The molecule has 0 radical (unpaired) electrons. The van der Waals surface area contributed by atoms with E-state index >= 15 is 0 Å². The molecule has 0 fully saturated rings. The Hall–Kier alpha value is -2.74. The normalized spacial score (nSPS) is 11.4. The molecule has 0 saturated carbocycles. The van der Waals surface area contributed by atoms with Crippen molar-refractivity contribution >= 4 is 27.5 Å². The number of nitrogens with zero attached hydrogens (tertiary/aromatic N) is 2. The van der Waals surface area contributed by atoms with Crippen molar-refractivity contribution in [3.05, 3.63) is 94.8 Å². The highest BCUT2D eigenvalue weighted by Gasteiger charge is 2.27. The van der Waals surface area contributed by atoms with Crippen LogP contribution in [0.4, 0.5) is 0 Å². The molecule has 0 bridgehead atoms. The van der Waals surface area contributed by atoms with Crippen LogP contribution in [0.3, 0.4) is 0 Å². The summed E-state index contributed by atoms with van der Waals surface area (Å²) in [6.45, 7) is 1.97. The summed E-state index contributed by atoms with van der Waals surface area (Å²) in [5, 5.41) is 3.19. The molecule has 8 heteroatoms. The van der Waals surface area contributed by atoms with Crippen LogP contribution < -0.4 is 5.32 Å². The van der Waals surface area contributed by atoms with Crippen LogP contribution in [0.5, 0.6) is 0 Å². The second-order valence-electron chi connectivity index (χ2n) is 6.85. The fraction of sp³-hybridized carbons (Fsp3) is 0.182. The number of amides is 1. The molecule has 3 aromatic rings. The number of aryl methyl sites for hydroxylation is 1. The number of rotatable bonds is 8. The van der Waals surface area contributed by atoms with Gasteiger partial charge in [-0.3, -0.25) is 9.78 Å². The summed E-state index contributed by atoms with van der Waals surface area (Å²) in [4.78, 5) is 16.6. The largest absolute Gasteiger partial charge is 0.351 e. The molecule has 1 aromatic heterocycles. The first kappa shape index (κ1) is 22.0. The van der Waals surface area contributed by atoms with Crippen LogP contribution in [0, 0.1) is 6.92 Å². The van der Waals surface area contributed by atoms with E-state index in [1.807, 2.05) is 37.3 Å². The van der Waals surface area contributed by atoms with Crippen LogP contribution in [-0.2, 0) is 27.9 Å². The highest BCUT2D eigenvalue weighted by atomic mass is 35.5. The third-order valence-electron chi connectivity index (χ3n) is 4.43. The Balaban J connectivity index is 1.81. The summed E-state index contributed by atoms with van der Waals surface area (Å²) < 4.78 is 27.6. The van der Waals surface area contributed by atoms with E-state index in [1.165, 1.54) is 28.6 Å². The minimum Gasteiger partial charge on any atom is -0.351 e. The van der Waals surface area contributed by atoms with Gasteiger partial charge in [0.1, 0.15) is 0 Å². The van der Waals surface area contributed by atoms with Crippen molar-refractivity contribution in [3.63, 3.8) is 0 Å². The number of aromatic nitrogens is 1. The van der Waals surface area contributed by atoms with Gasteiger partial charge in [0.25, 0.3) is 0 Å². The number of pyridine rings is 1. The zero-order chi connectivity index (χ0) is 21.6. The van der Waals surface area contributed by atoms with Crippen LogP contribution in [0.2, 0.25) is 5.02 Å². The van der Waals surface area contributed by atoms with E-state index in [0.29, 0.717) is 5.02 Å². The SMILES string of the molecule is Cc1cccc(CN(CC(=O)NCc2cccnc2)S(=O)(=O)c2ccc(Cl)cc2)c1. The van der Waals surface area contributed by atoms with Crippen molar-refractivity contribution in [2.24, 2.45) is 0 Å². The lowest BCUT2D eigenvalue weighted by Gasteiger charge is -2.22. The molecule has 1 N–H and O–H groups in total. The Bertz CT molecular complexity index is 1100. The average molecular weight is 444 g/mol. The van der Waals surface area contributed by atoms with Crippen LogP contribution in [0.15, 0.2) is 78.0 Å². The summed E-state index contributed by atoms with van der Waals surface area (Å²) in [7, 11) is -3.91. The standard InChI is InChI=1S/C22H22ClN3O3S/c1-17-4-2-5-18(12-17)15-26(30(28,29)21-9-7-20(23)8-10-21)16-22(27)25-14-19-6-3-11-24-13-19/h2-13H,14-16H2,1H3,(H,25,27). The molecule has 0 aliphatic heterocycles. The molecule has 0 unspecified atom stereocenters. The zero-order valence-electron chi connectivity index (χ0n) is 16.5. The van der Waals surface area contributed by atoms with Gasteiger partial charge < -0.3 is 5.32 Å². The molecule has 0 spiro atoms. The number of hydrogen-bond acceptors (Lipinski definition) is 4. The molecule has 30 heavy (non-hydrogen) atoms. The van der Waals surface area contributed by atoms with E-state index in [-0.39, 0.29) is 24.5 Å². The molecule has 0 aliphatic carbocycles. The molecule has 1 amide bonds. The Kier molecular flexibility index (Phi) is 7.20. The van der Waals surface area contributed by atoms with E-state index in [4.69, 9.17) is 11.6 Å². The first-order chi connectivity index (χ1) is 14.3. The maximum atomic E-state index is 13.2. The molecule has 1 heterocycles. The Morgan fingerprint density at radius 3 is 2.47 bits per heavy atom. The van der Waals surface area contributed by atoms with Gasteiger partial charge in [-0.2, -0.15) is 4.31 Å². The smallest absolute Gasteiger partial charge is 0.243 e. The molecule has 0 atom stereocenters. The molecular weight excluding hydrogens is 422 g/mol. The fourth-order valence-corrected chi connectivity index (χ4v) is 4.43. The number of carbonyl (C=O) groups excluding carboxylic acids is 1. The number of sulfonamides is 1. The van der Waals surface area contributed by atoms with Gasteiger partial charge in [-0.25, -0.2) is 8.42 Å². The molecular formula is C22H22ClN3O3S. The predicted octanol–water partition coefficient (Wildman–Crippen LogP) is 3.55. The predicted molar refractivity (Wildman–Crippen MR) is 116 cm³/mol. The lowest BCUT2D eigenvalue weighted by Crippen LogP contribution is -2.40. The highest BCUT2D eigenvalue weighted by molar-refractivity contribution is 7.89. The Labute approximate surface area is 181 Å². The number of hydrogen-bond donors (Lipinski definition) is 1. The maximum Gasteiger partial charge on any atom is 0.243 e. The van der Waals surface area contributed by atoms with Gasteiger partial charge in [-0.15, -0.1) is 0 Å². The van der Waals surface area contributed by atoms with Crippen molar-refractivity contribution in [1.82, 2.24) is 14.6 Å². The molecule has 0 saturated heterocycles. The average Bonchev–Trinajstić information content (AvgIpc) is 2.73. The number of benzene rings is 2. The third kappa shape index (κ3) is 5.89. The van der Waals surface area contributed by atoms with Crippen LogP contribution >= 0.6 is 11.6 Å². The monoisotopic (exact) mass is 443 g/mol. The summed E-state index contributed by atoms with van der Waals surface area (Å²) in [5.74, 6) is -0.399. The van der Waals surface area contributed by atoms with Crippen molar-refractivity contribution in [1.29, 1.82) is 0 Å². The lowest BCUT2D eigenvalue weighted by molar-refractivity contribution is -0.121. The number of nitrogens with one attached hydrogen (secondary N) is 1. The van der Waals surface area contributed by atoms with Crippen molar-refractivity contribution in [2.45, 2.75) is 24.9 Å². The quantitative estimate of drug-likeness (QED) is 0.577. The summed E-state index contributed by atoms with van der Waals surface area (Å²) in [5.41, 5.74) is 2.64. The lowest BCUT2D eigenvalue weighted by atomic mass is 10.1. The van der Waals surface area contributed by atoms with Crippen molar-refractivity contribution < 1.29 is 13.2 Å². The number of halogens is 1. The highest BCUT2D eigenvalue weighted by Crippen LogP contribution is 2.21. The zero-order valence-corrected chi connectivity index (χ0v) is 18.0. The topological polar surface area (TPSA) is 79.4 Å². The van der Waals surface area contributed by atoms with Gasteiger partial charge in [0.05, 0.1) is 11.4 Å². The number of carbonyl (C=O) groups is 1. The van der Waals surface area contributed by atoms with Crippen LogP contribution in [0.25, 0.3) is 0 Å². The molecule has 0 aliphatic rings. The maximum absolute atomic E-state index is 13.2. The van der Waals surface area contributed by atoms with Crippen molar-refractivity contribution in [2.75, 3.05) is 6.54 Å². The third-order valence-corrected chi connectivity index (χ3v) is 6.48. The van der Waals surface area contributed by atoms with E-state index in [2.05, 4.69) is 10.3 Å². The first-order valence-corrected chi connectivity index (χ1v) is 11.1. The Morgan fingerprint density at radius 2 is 1.80 bits per heavy atom. The molecule has 3 rings (SSSR count). The minimum atomic E-state index is -3.91. The van der Waals surface area contributed by atoms with Crippen LogP contribution in [0.1, 0.15) is 16.7 Å². The van der Waals surface area contributed by atoms with E-state index in [9.17, 15) is 13.2 Å². The van der Waals surface area contributed by atoms with Gasteiger partial charge in [0, 0.05) is 30.5 Å². The molecule has 6 nitrogen and oxygen atoms in total. The second kappa shape index (κ2) is 9.84. The molecule has 156 valence electrons. The van der Waals surface area contributed by atoms with Gasteiger partial charge >= 0.3 is 0 Å². The van der Waals surface area contributed by atoms with Gasteiger partial charge in [0.2, 0.25) is 15.9 Å². The van der Waals surface area contributed by atoms with Crippen LogP contribution in [-0.4, -0.2) is 30.2 Å². The molecule has 2 aromatic carbocycles. The minimum absolute atomic E-state index is 0.0763. The summed E-state index contributed by atoms with van der Waals surface area (Å²) in [6, 6.07) is 17.1. The Morgan fingerprint density at radius 1 is 1.07 bits per heavy atom. The van der Waals surface area contributed by atoms with Gasteiger partial charge in [-0.05, 0) is 48.4 Å². The second-order valence-corrected chi connectivity index (χ2v) is 9.23. The summed E-state index contributed by atoms with van der Waals surface area (Å²) >= 11 is 5.89. The van der Waals surface area contributed by atoms with Gasteiger partial charge in [-0.1, -0.05) is 47.5 Å². The fourth-order valence-electron chi connectivity index (χ4n) is 2.92. The van der Waals surface area contributed by atoms with Crippen molar-refractivity contribution in [3.8, 4) is 0 Å². The van der Waals surface area contributed by atoms with Gasteiger partial charge in [0.15, 0.2) is 0 Å².